The molecule has 0 heterocycles. The van der Waals surface area contributed by atoms with Gasteiger partial charge in [0.15, 0.2) is 0 Å². The van der Waals surface area contributed by atoms with Crippen LogP contribution in [0.2, 0.25) is 0 Å². The van der Waals surface area contributed by atoms with E-state index in [1.165, 1.54) is 0 Å². The fraction of sp³-hybridized carbons (Fsp3) is 0.267. The number of benzene rings is 1. The number of rotatable bonds is 5. The number of anilines is 1. The molecule has 0 unspecified atom stereocenters. The van der Waals surface area contributed by atoms with E-state index in [-0.39, 0.29) is 0 Å². The van der Waals surface area contributed by atoms with Crippen LogP contribution in [0.4, 0.5) is 5.69 Å². The molecule has 0 spiro atoms. The van der Waals surface area contributed by atoms with E-state index in [9.17, 15) is 0 Å². The summed E-state index contributed by atoms with van der Waals surface area (Å²) in [5.41, 5.74) is 8.70. The second-order valence-corrected chi connectivity index (χ2v) is 3.95. The largest absolute Gasteiger partial charge is 0.399 e. The second kappa shape index (κ2) is 7.33. The first-order valence-corrected chi connectivity index (χ1v) is 6.14. The van der Waals surface area contributed by atoms with Crippen molar-refractivity contribution in [3.8, 4) is 0 Å². The number of nitrogens with two attached hydrogens (primary N) is 1. The Balaban J connectivity index is 2.90. The van der Waals surface area contributed by atoms with Crippen molar-refractivity contribution in [2.75, 3.05) is 12.3 Å². The van der Waals surface area contributed by atoms with Gasteiger partial charge < -0.3 is 11.1 Å². The molecule has 0 amide bonds. The normalized spacial score (nSPS) is 13.1. The van der Waals surface area contributed by atoms with Crippen LogP contribution in [-0.2, 0) is 0 Å². The van der Waals surface area contributed by atoms with Gasteiger partial charge in [0, 0.05) is 18.4 Å². The van der Waals surface area contributed by atoms with Crippen molar-refractivity contribution in [2.45, 2.75) is 20.8 Å². The number of nitrogens with zero attached hydrogens (tertiary/aromatic N) is 1. The zero-order chi connectivity index (χ0) is 13.4. The first kappa shape index (κ1) is 14.0. The number of hydrogen-bond acceptors (Lipinski definition) is 3. The van der Waals surface area contributed by atoms with Gasteiger partial charge in [-0.05, 0) is 44.0 Å². The standard InChI is InChI=1S/C15H21N3/c1-4-17-15(18-5-2)12(3)9-10-13-7-6-8-14(16)11-13/h4,6-11,18H,5,16H2,1-3H3/b10-9+,15-12+,17-4-. The fourth-order valence-electron chi connectivity index (χ4n) is 1.55. The Morgan fingerprint density at radius 3 is 2.83 bits per heavy atom. The van der Waals surface area contributed by atoms with E-state index in [2.05, 4.69) is 17.2 Å². The van der Waals surface area contributed by atoms with Crippen molar-refractivity contribution in [3.63, 3.8) is 0 Å². The number of nitrogen functional groups attached to an aromatic ring is 1. The molecule has 0 bridgehead atoms. The van der Waals surface area contributed by atoms with Crippen LogP contribution in [0.3, 0.4) is 0 Å². The summed E-state index contributed by atoms with van der Waals surface area (Å²) in [5.74, 6) is 0.903. The molecule has 1 rings (SSSR count). The number of allylic oxidation sites excluding steroid dienone is 2. The van der Waals surface area contributed by atoms with Gasteiger partial charge in [-0.1, -0.05) is 24.3 Å². The predicted octanol–water partition coefficient (Wildman–Crippen LogP) is 3.21. The Kier molecular flexibility index (Phi) is 5.71. The van der Waals surface area contributed by atoms with Gasteiger partial charge >= 0.3 is 0 Å². The van der Waals surface area contributed by atoms with Gasteiger partial charge in [0.25, 0.3) is 0 Å². The van der Waals surface area contributed by atoms with Crippen molar-refractivity contribution < 1.29 is 0 Å². The van der Waals surface area contributed by atoms with Gasteiger partial charge in [-0.15, -0.1) is 0 Å². The van der Waals surface area contributed by atoms with E-state index in [1.807, 2.05) is 50.3 Å². The minimum atomic E-state index is 0.775. The maximum Gasteiger partial charge on any atom is 0.128 e. The quantitative estimate of drug-likeness (QED) is 0.474. The number of hydrogen-bond donors (Lipinski definition) is 2. The molecule has 0 fully saturated rings. The average Bonchev–Trinajstić information content (AvgIpc) is 2.36. The first-order chi connectivity index (χ1) is 8.67. The molecule has 0 aliphatic heterocycles. The summed E-state index contributed by atoms with van der Waals surface area (Å²) in [6, 6.07) is 7.80. The molecule has 0 aromatic heterocycles. The number of nitrogens with one attached hydrogen (secondary N) is 1. The third-order valence-corrected chi connectivity index (χ3v) is 2.41. The van der Waals surface area contributed by atoms with Crippen LogP contribution in [0.25, 0.3) is 6.08 Å². The smallest absolute Gasteiger partial charge is 0.128 e. The minimum absolute atomic E-state index is 0.775. The highest BCUT2D eigenvalue weighted by Crippen LogP contribution is 2.11. The van der Waals surface area contributed by atoms with Crippen LogP contribution in [0.1, 0.15) is 26.3 Å². The SMILES string of the molecule is C\C=N/C(NCC)=C(C)\C=C\c1cccc(N)c1. The molecule has 3 N–H and O–H groups in total. The Morgan fingerprint density at radius 2 is 2.22 bits per heavy atom. The van der Waals surface area contributed by atoms with Gasteiger partial charge in [-0.25, -0.2) is 4.99 Å². The highest BCUT2D eigenvalue weighted by molar-refractivity contribution is 5.59. The van der Waals surface area contributed by atoms with Crippen molar-refractivity contribution in [1.82, 2.24) is 5.32 Å². The maximum absolute atomic E-state index is 5.74. The van der Waals surface area contributed by atoms with Crippen molar-refractivity contribution in [1.29, 1.82) is 0 Å². The molecule has 1 aromatic carbocycles. The third kappa shape index (κ3) is 4.45. The lowest BCUT2D eigenvalue weighted by atomic mass is 10.1. The van der Waals surface area contributed by atoms with Gasteiger partial charge in [0.1, 0.15) is 5.82 Å². The molecule has 18 heavy (non-hydrogen) atoms. The predicted molar refractivity (Wildman–Crippen MR) is 80.4 cm³/mol. The molecule has 3 heteroatoms. The highest BCUT2D eigenvalue weighted by Gasteiger charge is 1.95. The van der Waals surface area contributed by atoms with Crippen LogP contribution in [0, 0.1) is 0 Å². The summed E-state index contributed by atoms with van der Waals surface area (Å²) in [7, 11) is 0. The Morgan fingerprint density at radius 1 is 1.44 bits per heavy atom. The summed E-state index contributed by atoms with van der Waals surface area (Å²) in [6.07, 6.45) is 5.86. The fourth-order valence-corrected chi connectivity index (χ4v) is 1.55. The summed E-state index contributed by atoms with van der Waals surface area (Å²) in [5, 5.41) is 3.24. The van der Waals surface area contributed by atoms with Crippen LogP contribution >= 0.6 is 0 Å². The van der Waals surface area contributed by atoms with E-state index in [0.29, 0.717) is 0 Å². The van der Waals surface area contributed by atoms with E-state index in [1.54, 1.807) is 6.21 Å². The molecule has 0 radical (unpaired) electrons. The molecule has 0 atom stereocenters. The molecule has 1 aromatic rings. The molecule has 0 aliphatic carbocycles. The monoisotopic (exact) mass is 243 g/mol. The summed E-state index contributed by atoms with van der Waals surface area (Å²) in [4.78, 5) is 4.31. The molecular formula is C15H21N3. The van der Waals surface area contributed by atoms with Crippen LogP contribution in [0.5, 0.6) is 0 Å². The zero-order valence-corrected chi connectivity index (χ0v) is 11.3. The van der Waals surface area contributed by atoms with E-state index < -0.39 is 0 Å². The van der Waals surface area contributed by atoms with Gasteiger partial charge in [0.2, 0.25) is 0 Å². The lowest BCUT2D eigenvalue weighted by Gasteiger charge is -2.05. The summed E-state index contributed by atoms with van der Waals surface area (Å²) >= 11 is 0. The van der Waals surface area contributed by atoms with Crippen LogP contribution in [-0.4, -0.2) is 12.8 Å². The topological polar surface area (TPSA) is 50.4 Å². The second-order valence-electron chi connectivity index (χ2n) is 3.95. The molecule has 0 saturated heterocycles. The van der Waals surface area contributed by atoms with E-state index in [4.69, 9.17) is 5.73 Å². The van der Waals surface area contributed by atoms with E-state index in [0.717, 1.165) is 29.2 Å². The van der Waals surface area contributed by atoms with Crippen LogP contribution in [0.15, 0.2) is 46.7 Å². The van der Waals surface area contributed by atoms with E-state index >= 15 is 0 Å². The Hall–Kier alpha value is -2.03. The van der Waals surface area contributed by atoms with Crippen molar-refractivity contribution in [3.05, 3.63) is 47.3 Å². The highest BCUT2D eigenvalue weighted by atomic mass is 15.0. The Bertz CT molecular complexity index is 470. The minimum Gasteiger partial charge on any atom is -0.399 e. The van der Waals surface area contributed by atoms with Crippen molar-refractivity contribution >= 4 is 18.0 Å². The van der Waals surface area contributed by atoms with Crippen LogP contribution < -0.4 is 11.1 Å². The summed E-state index contributed by atoms with van der Waals surface area (Å²) in [6.45, 7) is 6.86. The maximum atomic E-state index is 5.74. The zero-order valence-electron chi connectivity index (χ0n) is 11.3. The summed E-state index contributed by atoms with van der Waals surface area (Å²) < 4.78 is 0. The third-order valence-electron chi connectivity index (χ3n) is 2.41. The lowest BCUT2D eigenvalue weighted by molar-refractivity contribution is 0.831. The molecule has 96 valence electrons. The molecule has 0 aliphatic rings. The first-order valence-electron chi connectivity index (χ1n) is 6.14. The van der Waals surface area contributed by atoms with Crippen molar-refractivity contribution in [2.24, 2.45) is 4.99 Å². The average molecular weight is 243 g/mol. The van der Waals surface area contributed by atoms with Gasteiger partial charge in [-0.3, -0.25) is 0 Å². The lowest BCUT2D eigenvalue weighted by Crippen LogP contribution is -2.11. The van der Waals surface area contributed by atoms with Gasteiger partial charge in [0.05, 0.1) is 0 Å². The molecular weight excluding hydrogens is 222 g/mol. The molecule has 3 nitrogen and oxygen atoms in total. The molecule has 0 saturated carbocycles. The Labute approximate surface area is 109 Å². The number of aliphatic imine (C=N–C) groups is 1. The van der Waals surface area contributed by atoms with Gasteiger partial charge in [-0.2, -0.15) is 0 Å².